The lowest BCUT2D eigenvalue weighted by atomic mass is 9.89. The fourth-order valence-electron chi connectivity index (χ4n) is 4.43. The number of unbranched alkanes of at least 4 members (excludes halogenated alkanes) is 1. The normalized spacial score (nSPS) is 15.9. The first-order valence-corrected chi connectivity index (χ1v) is 13.1. The number of aromatic amines is 1. The first-order valence-electron chi connectivity index (χ1n) is 11.6. The number of fused-ring (bicyclic) bond motifs is 1. The van der Waals surface area contributed by atoms with Gasteiger partial charge >= 0.3 is 0 Å². The second kappa shape index (κ2) is 10.5. The van der Waals surface area contributed by atoms with Crippen LogP contribution in [-0.2, 0) is 10.0 Å². The molecule has 7 heteroatoms. The molecule has 0 unspecified atom stereocenters. The van der Waals surface area contributed by atoms with Crippen LogP contribution in [0.5, 0.6) is 5.75 Å². The highest BCUT2D eigenvalue weighted by Gasteiger charge is 2.24. The summed E-state index contributed by atoms with van der Waals surface area (Å²) in [5, 5.41) is 1.32. The number of benzene rings is 2. The van der Waals surface area contributed by atoms with Gasteiger partial charge in [0.25, 0.3) is 0 Å². The molecule has 0 aliphatic carbocycles. The molecule has 32 heavy (non-hydrogen) atoms. The molecule has 2 aromatic carbocycles. The lowest BCUT2D eigenvalue weighted by Crippen LogP contribution is -2.39. The van der Waals surface area contributed by atoms with E-state index in [2.05, 4.69) is 52.0 Å². The van der Waals surface area contributed by atoms with Crippen LogP contribution in [0.15, 0.2) is 59.6 Å². The highest BCUT2D eigenvalue weighted by atomic mass is 32.2. The number of rotatable bonds is 10. The maximum atomic E-state index is 12.8. The molecule has 0 bridgehead atoms. The molecule has 2 heterocycles. The molecule has 0 amide bonds. The van der Waals surface area contributed by atoms with Gasteiger partial charge in [0.15, 0.2) is 0 Å². The van der Waals surface area contributed by atoms with Gasteiger partial charge in [-0.25, -0.2) is 13.1 Å². The van der Waals surface area contributed by atoms with Crippen molar-refractivity contribution in [3.8, 4) is 5.75 Å². The van der Waals surface area contributed by atoms with Crippen molar-refractivity contribution in [3.05, 3.63) is 60.3 Å². The zero-order chi connectivity index (χ0) is 22.4. The number of hydrogen-bond donors (Lipinski definition) is 2. The minimum Gasteiger partial charge on any atom is -0.492 e. The standard InChI is InChI=1S/C25H33N3O3S/c1-2-3-18-31-24-10-6-7-11-25(24)32(29,30)27-14-17-28-15-12-20(13-16-28)22-19-26-23-9-5-4-8-21(22)23/h4-11,19-20,26-27H,2-3,12-18H2,1H3. The Hall–Kier alpha value is -2.35. The average molecular weight is 456 g/mol. The highest BCUT2D eigenvalue weighted by Crippen LogP contribution is 2.33. The van der Waals surface area contributed by atoms with Crippen molar-refractivity contribution in [1.29, 1.82) is 0 Å². The van der Waals surface area contributed by atoms with Crippen molar-refractivity contribution >= 4 is 20.9 Å². The van der Waals surface area contributed by atoms with E-state index in [0.29, 0.717) is 31.4 Å². The molecule has 2 N–H and O–H groups in total. The van der Waals surface area contributed by atoms with E-state index in [0.717, 1.165) is 38.8 Å². The zero-order valence-electron chi connectivity index (χ0n) is 18.7. The summed E-state index contributed by atoms with van der Waals surface area (Å²) in [4.78, 5) is 5.94. The van der Waals surface area contributed by atoms with Crippen molar-refractivity contribution in [1.82, 2.24) is 14.6 Å². The van der Waals surface area contributed by atoms with Gasteiger partial charge < -0.3 is 14.6 Å². The van der Waals surface area contributed by atoms with Crippen molar-refractivity contribution < 1.29 is 13.2 Å². The molecule has 0 atom stereocenters. The fourth-order valence-corrected chi connectivity index (χ4v) is 5.60. The summed E-state index contributed by atoms with van der Waals surface area (Å²) in [7, 11) is -3.61. The van der Waals surface area contributed by atoms with Gasteiger partial charge in [0.2, 0.25) is 10.0 Å². The smallest absolute Gasteiger partial charge is 0.244 e. The van der Waals surface area contributed by atoms with Crippen LogP contribution in [0.1, 0.15) is 44.1 Å². The largest absolute Gasteiger partial charge is 0.492 e. The number of H-pyrrole nitrogens is 1. The zero-order valence-corrected chi connectivity index (χ0v) is 19.5. The van der Waals surface area contributed by atoms with Crippen LogP contribution in [0, 0.1) is 0 Å². The first kappa shape index (κ1) is 22.8. The Morgan fingerprint density at radius 2 is 1.84 bits per heavy atom. The number of aromatic nitrogens is 1. The SMILES string of the molecule is CCCCOc1ccccc1S(=O)(=O)NCCN1CCC(c2c[nH]c3ccccc23)CC1. The molecule has 1 fully saturated rings. The van der Waals surface area contributed by atoms with Crippen LogP contribution in [0.25, 0.3) is 10.9 Å². The molecule has 1 aliphatic rings. The third-order valence-electron chi connectivity index (χ3n) is 6.26. The molecule has 0 radical (unpaired) electrons. The number of sulfonamides is 1. The summed E-state index contributed by atoms with van der Waals surface area (Å²) in [5.41, 5.74) is 2.60. The lowest BCUT2D eigenvalue weighted by molar-refractivity contribution is 0.216. The maximum Gasteiger partial charge on any atom is 0.244 e. The summed E-state index contributed by atoms with van der Waals surface area (Å²) in [6.07, 6.45) is 6.23. The molecule has 3 aromatic rings. The summed E-state index contributed by atoms with van der Waals surface area (Å²) >= 11 is 0. The minimum atomic E-state index is -3.61. The fraction of sp³-hybridized carbons (Fsp3) is 0.440. The van der Waals surface area contributed by atoms with E-state index in [1.807, 2.05) is 0 Å². The predicted octanol–water partition coefficient (Wildman–Crippen LogP) is 4.50. The van der Waals surface area contributed by atoms with E-state index in [1.54, 1.807) is 24.3 Å². The van der Waals surface area contributed by atoms with Crippen LogP contribution in [0.4, 0.5) is 0 Å². The summed E-state index contributed by atoms with van der Waals surface area (Å²) < 4.78 is 34.2. The number of piperidine rings is 1. The first-order chi connectivity index (χ1) is 15.6. The van der Waals surface area contributed by atoms with Crippen molar-refractivity contribution in [2.45, 2.75) is 43.4 Å². The Labute approximate surface area is 191 Å². The van der Waals surface area contributed by atoms with E-state index in [9.17, 15) is 8.42 Å². The van der Waals surface area contributed by atoms with Crippen molar-refractivity contribution in [3.63, 3.8) is 0 Å². The highest BCUT2D eigenvalue weighted by molar-refractivity contribution is 7.89. The van der Waals surface area contributed by atoms with Gasteiger partial charge in [-0.3, -0.25) is 0 Å². The van der Waals surface area contributed by atoms with Gasteiger partial charge in [0.1, 0.15) is 10.6 Å². The van der Waals surface area contributed by atoms with E-state index in [1.165, 1.54) is 16.5 Å². The van der Waals surface area contributed by atoms with Gasteiger partial charge in [-0.2, -0.15) is 0 Å². The van der Waals surface area contributed by atoms with Gasteiger partial charge in [-0.15, -0.1) is 0 Å². The van der Waals surface area contributed by atoms with Crippen LogP contribution in [0.2, 0.25) is 0 Å². The molecule has 6 nitrogen and oxygen atoms in total. The Bertz CT molecular complexity index is 1120. The lowest BCUT2D eigenvalue weighted by Gasteiger charge is -2.32. The molecule has 0 saturated carbocycles. The number of hydrogen-bond acceptors (Lipinski definition) is 4. The minimum absolute atomic E-state index is 0.217. The molecule has 1 aromatic heterocycles. The van der Waals surface area contributed by atoms with E-state index < -0.39 is 10.0 Å². The molecule has 1 saturated heterocycles. The molecular weight excluding hydrogens is 422 g/mol. The number of para-hydroxylation sites is 2. The number of nitrogens with zero attached hydrogens (tertiary/aromatic N) is 1. The monoisotopic (exact) mass is 455 g/mol. The summed E-state index contributed by atoms with van der Waals surface area (Å²) in [6.45, 7) is 5.65. The third-order valence-corrected chi connectivity index (χ3v) is 7.76. The number of ether oxygens (including phenoxy) is 1. The molecular formula is C25H33N3O3S. The molecule has 172 valence electrons. The molecule has 1 aliphatic heterocycles. The topological polar surface area (TPSA) is 74.4 Å². The van der Waals surface area contributed by atoms with Gasteiger partial charge in [-0.05, 0) is 62.0 Å². The van der Waals surface area contributed by atoms with Crippen LogP contribution in [-0.4, -0.2) is 51.1 Å². The van der Waals surface area contributed by atoms with Gasteiger partial charge in [0.05, 0.1) is 6.61 Å². The van der Waals surface area contributed by atoms with E-state index in [-0.39, 0.29) is 4.90 Å². The number of nitrogens with one attached hydrogen (secondary N) is 2. The third kappa shape index (κ3) is 5.34. The van der Waals surface area contributed by atoms with Crippen molar-refractivity contribution in [2.24, 2.45) is 0 Å². The predicted molar refractivity (Wildman–Crippen MR) is 129 cm³/mol. The van der Waals surface area contributed by atoms with Crippen molar-refractivity contribution in [2.75, 3.05) is 32.8 Å². The Balaban J connectivity index is 1.28. The van der Waals surface area contributed by atoms with Crippen LogP contribution < -0.4 is 9.46 Å². The Morgan fingerprint density at radius 1 is 1.09 bits per heavy atom. The summed E-state index contributed by atoms with van der Waals surface area (Å²) in [5.74, 6) is 0.972. The van der Waals surface area contributed by atoms with E-state index in [4.69, 9.17) is 4.74 Å². The quantitative estimate of drug-likeness (QED) is 0.441. The Morgan fingerprint density at radius 3 is 2.66 bits per heavy atom. The second-order valence-corrected chi connectivity index (χ2v) is 10.2. The van der Waals surface area contributed by atoms with E-state index >= 15 is 0 Å². The van der Waals surface area contributed by atoms with Crippen LogP contribution >= 0.6 is 0 Å². The van der Waals surface area contributed by atoms with Gasteiger partial charge in [-0.1, -0.05) is 43.7 Å². The average Bonchev–Trinajstić information content (AvgIpc) is 3.24. The maximum absolute atomic E-state index is 12.8. The van der Waals surface area contributed by atoms with Gasteiger partial charge in [0, 0.05) is 30.2 Å². The number of likely N-dealkylation sites (tertiary alicyclic amines) is 1. The second-order valence-electron chi connectivity index (χ2n) is 8.45. The van der Waals surface area contributed by atoms with Crippen LogP contribution in [0.3, 0.4) is 0 Å². The molecule has 0 spiro atoms. The Kier molecular flexibility index (Phi) is 7.50. The summed E-state index contributed by atoms with van der Waals surface area (Å²) in [6, 6.07) is 15.3. The molecule has 4 rings (SSSR count).